The summed E-state index contributed by atoms with van der Waals surface area (Å²) in [5, 5.41) is 10.4. The first-order chi connectivity index (χ1) is 19.3. The number of hydrogen-bond acceptors (Lipinski definition) is 4. The van der Waals surface area contributed by atoms with E-state index >= 15 is 4.39 Å². The van der Waals surface area contributed by atoms with Gasteiger partial charge in [-0.3, -0.25) is 4.79 Å². The van der Waals surface area contributed by atoms with Crippen molar-refractivity contribution in [3.63, 3.8) is 0 Å². The summed E-state index contributed by atoms with van der Waals surface area (Å²) in [6, 6.07) is 7.50. The number of benzene rings is 3. The van der Waals surface area contributed by atoms with Gasteiger partial charge in [0.2, 0.25) is 0 Å². The average molecular weight is 564 g/mol. The number of carbonyl (C=O) groups excluding carboxylic acids is 1. The Labute approximate surface area is 238 Å². The smallest absolute Gasteiger partial charge is 0.337 e. The van der Waals surface area contributed by atoms with E-state index in [1.165, 1.54) is 24.3 Å². The van der Waals surface area contributed by atoms with Crippen LogP contribution in [0.4, 0.5) is 14.5 Å². The van der Waals surface area contributed by atoms with E-state index in [4.69, 9.17) is 9.47 Å². The van der Waals surface area contributed by atoms with Crippen LogP contribution in [0.2, 0.25) is 0 Å². The molecule has 1 atom stereocenters. The number of rotatable bonds is 5. The molecule has 5 rings (SSSR count). The van der Waals surface area contributed by atoms with Crippen molar-refractivity contribution in [2.45, 2.75) is 72.5 Å². The molecule has 2 aliphatic rings. The van der Waals surface area contributed by atoms with E-state index in [1.54, 1.807) is 39.5 Å². The topological polar surface area (TPSA) is 76.1 Å². The first kappa shape index (κ1) is 28.7. The van der Waals surface area contributed by atoms with Crippen molar-refractivity contribution < 1.29 is 33.0 Å². The van der Waals surface area contributed by atoms with Gasteiger partial charge in [0, 0.05) is 28.9 Å². The average Bonchev–Trinajstić information content (AvgIpc) is 3.32. The number of carbonyl (C=O) groups is 2. The summed E-state index contributed by atoms with van der Waals surface area (Å²) < 4.78 is 41.3. The van der Waals surface area contributed by atoms with Gasteiger partial charge in [0.25, 0.3) is 5.91 Å². The summed E-state index contributed by atoms with van der Waals surface area (Å²) >= 11 is 0. The number of amides is 1. The van der Waals surface area contributed by atoms with E-state index in [1.807, 2.05) is 13.0 Å². The predicted molar refractivity (Wildman–Crippen MR) is 153 cm³/mol. The number of hydrogen-bond donors (Lipinski definition) is 1. The van der Waals surface area contributed by atoms with Crippen LogP contribution in [0.5, 0.6) is 5.75 Å². The number of aliphatic carboxylic acids is 1. The van der Waals surface area contributed by atoms with Gasteiger partial charge in [0.05, 0.1) is 12.2 Å². The van der Waals surface area contributed by atoms with Crippen LogP contribution in [0.15, 0.2) is 30.3 Å². The molecular weight excluding hydrogens is 528 g/mol. The molecule has 1 N–H and O–H groups in total. The van der Waals surface area contributed by atoms with Crippen molar-refractivity contribution in [1.29, 1.82) is 0 Å². The number of ether oxygens (including phenoxy) is 2. The van der Waals surface area contributed by atoms with Crippen LogP contribution >= 0.6 is 0 Å². The summed E-state index contributed by atoms with van der Waals surface area (Å²) in [6.07, 6.45) is 0.500. The molecule has 0 aromatic heterocycles. The number of halogens is 2. The highest BCUT2D eigenvalue weighted by molar-refractivity contribution is 6.08. The Bertz CT molecular complexity index is 1570. The molecule has 3 aromatic carbocycles. The molecule has 0 spiro atoms. The van der Waals surface area contributed by atoms with Crippen LogP contribution in [-0.2, 0) is 22.4 Å². The van der Waals surface area contributed by atoms with E-state index in [-0.39, 0.29) is 11.7 Å². The summed E-state index contributed by atoms with van der Waals surface area (Å²) in [5.41, 5.74) is 5.10. The molecule has 0 saturated heterocycles. The van der Waals surface area contributed by atoms with Crippen molar-refractivity contribution in [3.05, 3.63) is 80.9 Å². The molecule has 0 bridgehead atoms. The molecule has 6 nitrogen and oxygen atoms in total. The highest BCUT2D eigenvalue weighted by Crippen LogP contribution is 2.47. The molecular formula is C33H35F2NO5. The molecule has 0 unspecified atom stereocenters. The zero-order chi connectivity index (χ0) is 29.8. The molecule has 0 fully saturated rings. The second-order valence-electron chi connectivity index (χ2n) is 11.9. The standard InChI is InChI=1S/C33H35F2NO5/c1-17-14-20(9-10-24(17)34)31(37)36-12-11-22-26(36)15-18(2)27(30(32(38)39)41-33(4,5)6)28(22)23-16-25(35)29-21(19(23)3)8-7-13-40-29/h9-10,14-16,30H,7-8,11-13H2,1-6H3,(H,38,39)/t30-/m0/s1. The minimum absolute atomic E-state index is 0.243. The van der Waals surface area contributed by atoms with Gasteiger partial charge in [-0.05, 0) is 125 Å². The number of aryl methyl sites for hydroxylation is 2. The number of fused-ring (bicyclic) bond motifs is 2. The fourth-order valence-corrected chi connectivity index (χ4v) is 5.99. The highest BCUT2D eigenvalue weighted by Gasteiger charge is 2.37. The third kappa shape index (κ3) is 5.21. The van der Waals surface area contributed by atoms with Gasteiger partial charge in [-0.1, -0.05) is 0 Å². The van der Waals surface area contributed by atoms with Crippen LogP contribution in [0, 0.1) is 32.4 Å². The van der Waals surface area contributed by atoms with Crippen molar-refractivity contribution in [2.75, 3.05) is 18.1 Å². The quantitative estimate of drug-likeness (QED) is 0.361. The lowest BCUT2D eigenvalue weighted by Gasteiger charge is -2.30. The number of carboxylic acids is 1. The zero-order valence-corrected chi connectivity index (χ0v) is 24.3. The van der Waals surface area contributed by atoms with Crippen molar-refractivity contribution >= 4 is 17.6 Å². The van der Waals surface area contributed by atoms with Crippen molar-refractivity contribution in [2.24, 2.45) is 0 Å². The maximum absolute atomic E-state index is 15.5. The Morgan fingerprint density at radius 1 is 1.00 bits per heavy atom. The Balaban J connectivity index is 1.77. The van der Waals surface area contributed by atoms with Crippen LogP contribution in [0.1, 0.15) is 77.0 Å². The molecule has 0 radical (unpaired) electrons. The van der Waals surface area contributed by atoms with Gasteiger partial charge in [-0.15, -0.1) is 0 Å². The second-order valence-corrected chi connectivity index (χ2v) is 11.9. The monoisotopic (exact) mass is 563 g/mol. The summed E-state index contributed by atoms with van der Waals surface area (Å²) in [4.78, 5) is 28.0. The lowest BCUT2D eigenvalue weighted by Crippen LogP contribution is -2.30. The summed E-state index contributed by atoms with van der Waals surface area (Å²) in [5.74, 6) is -2.09. The summed E-state index contributed by atoms with van der Waals surface area (Å²) in [7, 11) is 0. The molecule has 41 heavy (non-hydrogen) atoms. The lowest BCUT2D eigenvalue weighted by molar-refractivity contribution is -0.160. The molecule has 1 amide bonds. The Kier molecular flexibility index (Phi) is 7.40. The SMILES string of the molecule is Cc1cc(C(=O)N2CCc3c2cc(C)c([C@H](OC(C)(C)C)C(=O)O)c3-c2cc(F)c3c(c2C)CCCO3)ccc1F. The van der Waals surface area contributed by atoms with Gasteiger partial charge in [-0.2, -0.15) is 0 Å². The summed E-state index contributed by atoms with van der Waals surface area (Å²) in [6.45, 7) is 11.4. The fourth-order valence-electron chi connectivity index (χ4n) is 5.99. The molecule has 8 heteroatoms. The molecule has 3 aromatic rings. The fraction of sp³-hybridized carbons (Fsp3) is 0.394. The molecule has 216 valence electrons. The lowest BCUT2D eigenvalue weighted by atomic mass is 9.83. The second kappa shape index (κ2) is 10.6. The third-order valence-electron chi connectivity index (χ3n) is 7.85. The van der Waals surface area contributed by atoms with Gasteiger partial charge in [0.15, 0.2) is 17.7 Å². The molecule has 2 heterocycles. The predicted octanol–water partition coefficient (Wildman–Crippen LogP) is 7.03. The highest BCUT2D eigenvalue weighted by atomic mass is 19.1. The van der Waals surface area contributed by atoms with Gasteiger partial charge in [0.1, 0.15) is 5.82 Å². The molecule has 0 saturated carbocycles. The first-order valence-corrected chi connectivity index (χ1v) is 13.9. The van der Waals surface area contributed by atoms with E-state index < -0.39 is 29.3 Å². The van der Waals surface area contributed by atoms with Crippen molar-refractivity contribution in [1.82, 2.24) is 0 Å². The zero-order valence-electron chi connectivity index (χ0n) is 24.3. The van der Waals surface area contributed by atoms with E-state index in [9.17, 15) is 19.1 Å². The third-order valence-corrected chi connectivity index (χ3v) is 7.85. The van der Waals surface area contributed by atoms with Gasteiger partial charge in [-0.25, -0.2) is 13.6 Å². The van der Waals surface area contributed by atoms with Crippen molar-refractivity contribution in [3.8, 4) is 16.9 Å². The van der Waals surface area contributed by atoms with Crippen LogP contribution < -0.4 is 9.64 Å². The van der Waals surface area contributed by atoms with Gasteiger partial charge < -0.3 is 19.5 Å². The normalized spacial score (nSPS) is 15.3. The van der Waals surface area contributed by atoms with Crippen LogP contribution in [-0.4, -0.2) is 35.7 Å². The van der Waals surface area contributed by atoms with Crippen LogP contribution in [0.3, 0.4) is 0 Å². The molecule has 2 aliphatic heterocycles. The van der Waals surface area contributed by atoms with Gasteiger partial charge >= 0.3 is 5.97 Å². The Morgan fingerprint density at radius 2 is 1.73 bits per heavy atom. The number of anilines is 1. The molecule has 0 aliphatic carbocycles. The Morgan fingerprint density at radius 3 is 2.39 bits per heavy atom. The maximum Gasteiger partial charge on any atom is 0.337 e. The number of carboxylic acid groups (broad SMARTS) is 1. The van der Waals surface area contributed by atoms with E-state index in [0.29, 0.717) is 65.1 Å². The first-order valence-electron chi connectivity index (χ1n) is 13.9. The van der Waals surface area contributed by atoms with E-state index in [2.05, 4.69) is 0 Å². The van der Waals surface area contributed by atoms with E-state index in [0.717, 1.165) is 23.1 Å². The minimum atomic E-state index is -1.32. The largest absolute Gasteiger partial charge is 0.490 e. The Hall–Kier alpha value is -3.78. The maximum atomic E-state index is 15.5. The number of nitrogens with zero attached hydrogens (tertiary/aromatic N) is 1. The van der Waals surface area contributed by atoms with Crippen LogP contribution in [0.25, 0.3) is 11.1 Å². The minimum Gasteiger partial charge on any atom is -0.490 e.